The fraction of sp³-hybridized carbons (Fsp3) is 0.286. The van der Waals surface area contributed by atoms with E-state index in [1.807, 2.05) is 0 Å². The molecule has 4 heteroatoms. The summed E-state index contributed by atoms with van der Waals surface area (Å²) in [7, 11) is -2.60. The third-order valence-corrected chi connectivity index (χ3v) is 2.65. The number of rotatable bonds is 1. The van der Waals surface area contributed by atoms with Crippen molar-refractivity contribution < 1.29 is 4.21 Å². The van der Waals surface area contributed by atoms with Crippen LogP contribution in [0.15, 0.2) is 23.2 Å². The minimum atomic E-state index is -2.60. The van der Waals surface area contributed by atoms with E-state index in [9.17, 15) is 4.21 Å². The number of hydrogen-bond donors (Lipinski definition) is 1. The van der Waals surface area contributed by atoms with E-state index in [2.05, 4.69) is 4.98 Å². The number of nitrogens with one attached hydrogen (secondary N) is 1. The maximum Gasteiger partial charge on any atom is 0.0714 e. The highest BCUT2D eigenvalue weighted by atomic mass is 32.2. The summed E-state index contributed by atoms with van der Waals surface area (Å²) in [5.41, 5.74) is 0.676. The fourth-order valence-corrected chi connectivity index (χ4v) is 1.84. The average molecular weight is 170 g/mol. The first kappa shape index (κ1) is 8.20. The van der Waals surface area contributed by atoms with E-state index in [1.165, 1.54) is 6.26 Å². The molecule has 11 heavy (non-hydrogen) atoms. The summed E-state index contributed by atoms with van der Waals surface area (Å²) >= 11 is 0. The Kier molecular flexibility index (Phi) is 1.95. The van der Waals surface area contributed by atoms with Gasteiger partial charge >= 0.3 is 0 Å². The van der Waals surface area contributed by atoms with Crippen molar-refractivity contribution in [3.8, 4) is 0 Å². The van der Waals surface area contributed by atoms with E-state index >= 15 is 0 Å². The molecule has 0 bridgehead atoms. The van der Waals surface area contributed by atoms with Gasteiger partial charge in [-0.2, -0.15) is 0 Å². The topological polar surface area (TPSA) is 53.8 Å². The monoisotopic (exact) mass is 170 g/mol. The van der Waals surface area contributed by atoms with Crippen LogP contribution < -0.4 is 0 Å². The van der Waals surface area contributed by atoms with Crippen LogP contribution >= 0.6 is 0 Å². The molecule has 0 aliphatic carbocycles. The molecule has 1 N–H and O–H groups in total. The molecular weight excluding hydrogens is 160 g/mol. The molecule has 0 aliphatic rings. The summed E-state index contributed by atoms with van der Waals surface area (Å²) in [6, 6.07) is 3.37. The number of aryl methyl sites for hydroxylation is 1. The molecule has 0 radical (unpaired) electrons. The normalized spacial score (nSPS) is 15.8. The summed E-state index contributed by atoms with van der Waals surface area (Å²) in [5.74, 6) is 0. The molecule has 1 atom stereocenters. The first-order chi connectivity index (χ1) is 5.02. The Morgan fingerprint density at radius 3 is 2.64 bits per heavy atom. The molecule has 0 amide bonds. The smallest absolute Gasteiger partial charge is 0.0714 e. The second-order valence-corrected chi connectivity index (χ2v) is 4.56. The molecule has 60 valence electrons. The lowest BCUT2D eigenvalue weighted by molar-refractivity contribution is 0.678. The third kappa shape index (κ3) is 1.77. The van der Waals surface area contributed by atoms with Gasteiger partial charge in [-0.15, -0.1) is 0 Å². The molecule has 1 aromatic rings. The van der Waals surface area contributed by atoms with Crippen molar-refractivity contribution in [3.05, 3.63) is 24.0 Å². The Bertz CT molecular complexity index is 356. The summed E-state index contributed by atoms with van der Waals surface area (Å²) < 4.78 is 18.5. The highest BCUT2D eigenvalue weighted by Gasteiger charge is 2.05. The number of aromatic nitrogens is 1. The Morgan fingerprint density at radius 1 is 1.64 bits per heavy atom. The van der Waals surface area contributed by atoms with Crippen molar-refractivity contribution in [2.24, 2.45) is 0 Å². The number of pyridine rings is 1. The van der Waals surface area contributed by atoms with Crippen LogP contribution in [0.2, 0.25) is 0 Å². The average Bonchev–Trinajstić information content (AvgIpc) is 1.86. The zero-order valence-corrected chi connectivity index (χ0v) is 7.31. The third-order valence-electron chi connectivity index (χ3n) is 1.38. The molecule has 0 saturated heterocycles. The lowest BCUT2D eigenvalue weighted by atomic mass is 10.4. The molecular formula is C7H10N2OS. The molecule has 1 aromatic heterocycles. The van der Waals surface area contributed by atoms with Crippen LogP contribution in [-0.4, -0.2) is 15.4 Å². The van der Waals surface area contributed by atoms with E-state index in [-0.39, 0.29) is 0 Å². The molecule has 3 nitrogen and oxygen atoms in total. The highest BCUT2D eigenvalue weighted by molar-refractivity contribution is 7.91. The maximum atomic E-state index is 11.2. The van der Waals surface area contributed by atoms with Crippen LogP contribution in [0.5, 0.6) is 0 Å². The van der Waals surface area contributed by atoms with Crippen LogP contribution in [0.25, 0.3) is 0 Å². The summed E-state index contributed by atoms with van der Waals surface area (Å²) in [4.78, 5) is 4.47. The van der Waals surface area contributed by atoms with E-state index in [0.717, 1.165) is 0 Å². The van der Waals surface area contributed by atoms with Crippen molar-refractivity contribution in [3.63, 3.8) is 0 Å². The number of nitrogens with zero attached hydrogens (tertiary/aromatic N) is 1. The fourth-order valence-electron chi connectivity index (χ4n) is 0.881. The van der Waals surface area contributed by atoms with Crippen molar-refractivity contribution in [1.29, 1.82) is 4.78 Å². The quantitative estimate of drug-likeness (QED) is 0.693. The van der Waals surface area contributed by atoms with Gasteiger partial charge in [0.15, 0.2) is 0 Å². The first-order valence-electron chi connectivity index (χ1n) is 3.17. The predicted molar refractivity (Wildman–Crippen MR) is 44.0 cm³/mol. The van der Waals surface area contributed by atoms with Crippen molar-refractivity contribution in [2.45, 2.75) is 11.8 Å². The lowest BCUT2D eigenvalue weighted by Gasteiger charge is -2.02. The van der Waals surface area contributed by atoms with Gasteiger partial charge in [0.05, 0.1) is 20.3 Å². The zero-order valence-electron chi connectivity index (χ0n) is 6.50. The van der Waals surface area contributed by atoms with Gasteiger partial charge in [0.1, 0.15) is 0 Å². The molecule has 0 aromatic carbocycles. The SMILES string of the molecule is Cc1ncccc1S(C)(=N)=O. The lowest BCUT2D eigenvalue weighted by Crippen LogP contribution is -1.98. The van der Waals surface area contributed by atoms with Crippen LogP contribution in [0.4, 0.5) is 0 Å². The Balaban J connectivity index is 3.37. The van der Waals surface area contributed by atoms with Crippen LogP contribution in [0.1, 0.15) is 5.69 Å². The van der Waals surface area contributed by atoms with E-state index in [1.54, 1.807) is 25.3 Å². The van der Waals surface area contributed by atoms with Crippen LogP contribution in [0.3, 0.4) is 0 Å². The van der Waals surface area contributed by atoms with E-state index < -0.39 is 9.73 Å². The van der Waals surface area contributed by atoms with Crippen LogP contribution in [-0.2, 0) is 9.73 Å². The molecule has 0 aliphatic heterocycles. The standard InChI is InChI=1S/C7H10N2OS/c1-6-7(11(2,8)10)4-3-5-9-6/h3-5,8H,1-2H3. The largest absolute Gasteiger partial charge is 0.260 e. The van der Waals surface area contributed by atoms with Crippen molar-refractivity contribution in [1.82, 2.24) is 4.98 Å². The molecule has 1 unspecified atom stereocenters. The van der Waals surface area contributed by atoms with Gasteiger partial charge in [-0.3, -0.25) is 4.98 Å². The van der Waals surface area contributed by atoms with Crippen molar-refractivity contribution >= 4 is 9.73 Å². The molecule has 0 fully saturated rings. The second-order valence-electron chi connectivity index (χ2n) is 2.43. The highest BCUT2D eigenvalue weighted by Crippen LogP contribution is 2.11. The Morgan fingerprint density at radius 2 is 2.27 bits per heavy atom. The summed E-state index contributed by atoms with van der Waals surface area (Å²) in [6.07, 6.45) is 3.03. The maximum absolute atomic E-state index is 11.2. The molecule has 1 heterocycles. The van der Waals surface area contributed by atoms with Gasteiger partial charge in [-0.25, -0.2) is 8.99 Å². The number of hydrogen-bond acceptors (Lipinski definition) is 3. The van der Waals surface area contributed by atoms with Gasteiger partial charge in [0.2, 0.25) is 0 Å². The van der Waals surface area contributed by atoms with E-state index in [0.29, 0.717) is 10.6 Å². The Hall–Kier alpha value is -0.900. The van der Waals surface area contributed by atoms with Crippen LogP contribution in [0, 0.1) is 11.7 Å². The van der Waals surface area contributed by atoms with Crippen molar-refractivity contribution in [2.75, 3.05) is 6.26 Å². The summed E-state index contributed by atoms with van der Waals surface area (Å²) in [5, 5.41) is 0. The summed E-state index contributed by atoms with van der Waals surface area (Å²) in [6.45, 7) is 1.76. The molecule has 0 saturated carbocycles. The minimum Gasteiger partial charge on any atom is -0.260 e. The van der Waals surface area contributed by atoms with Gasteiger partial charge in [0, 0.05) is 12.5 Å². The van der Waals surface area contributed by atoms with Gasteiger partial charge < -0.3 is 0 Å². The van der Waals surface area contributed by atoms with Gasteiger partial charge in [0.25, 0.3) is 0 Å². The Labute approximate surface area is 66.4 Å². The molecule has 1 rings (SSSR count). The molecule has 0 spiro atoms. The predicted octanol–water partition coefficient (Wildman–Crippen LogP) is 1.43. The van der Waals surface area contributed by atoms with Gasteiger partial charge in [-0.1, -0.05) is 0 Å². The minimum absolute atomic E-state index is 0.528. The zero-order chi connectivity index (χ0) is 8.48. The van der Waals surface area contributed by atoms with Gasteiger partial charge in [-0.05, 0) is 19.1 Å². The second kappa shape index (κ2) is 2.62. The first-order valence-corrected chi connectivity index (χ1v) is 5.14. The van der Waals surface area contributed by atoms with E-state index in [4.69, 9.17) is 4.78 Å².